The van der Waals surface area contributed by atoms with Crippen LogP contribution in [0.1, 0.15) is 23.1 Å². The summed E-state index contributed by atoms with van der Waals surface area (Å²) in [5, 5.41) is 14.6. The number of hydrogen-bond donors (Lipinski definition) is 0. The summed E-state index contributed by atoms with van der Waals surface area (Å²) in [6.07, 6.45) is -0.177. The summed E-state index contributed by atoms with van der Waals surface area (Å²) >= 11 is 0. The van der Waals surface area contributed by atoms with Crippen molar-refractivity contribution in [1.82, 2.24) is 0 Å². The first-order chi connectivity index (χ1) is 16.5. The largest absolute Gasteiger partial charge is 1.00 e. The van der Waals surface area contributed by atoms with E-state index in [1.807, 2.05) is 36.4 Å². The van der Waals surface area contributed by atoms with E-state index < -0.39 is 11.8 Å². The van der Waals surface area contributed by atoms with Gasteiger partial charge < -0.3 is 28.9 Å². The van der Waals surface area contributed by atoms with Gasteiger partial charge >= 0.3 is 29.6 Å². The van der Waals surface area contributed by atoms with Gasteiger partial charge in [-0.15, -0.1) is 0 Å². The Kier molecular flexibility index (Phi) is 11.6. The number of halogens is 1. The summed E-state index contributed by atoms with van der Waals surface area (Å²) in [5.41, 5.74) is 2.60. The molecule has 0 saturated carbocycles. The van der Waals surface area contributed by atoms with Gasteiger partial charge in [-0.2, -0.15) is 0 Å². The Balaban J connectivity index is 0.00000432. The predicted octanol–water partition coefficient (Wildman–Crippen LogP) is 0.529. The van der Waals surface area contributed by atoms with Crippen molar-refractivity contribution in [2.45, 2.75) is 19.4 Å². The van der Waals surface area contributed by atoms with Gasteiger partial charge in [-0.05, 0) is 42.2 Å². The number of carbonyl (C=O) groups is 1. The second-order valence-corrected chi connectivity index (χ2v) is 7.27. The molecule has 0 unspecified atom stereocenters. The van der Waals surface area contributed by atoms with Crippen molar-refractivity contribution in [2.24, 2.45) is 5.16 Å². The maximum atomic E-state index is 14.2. The van der Waals surface area contributed by atoms with Crippen LogP contribution in [0.4, 0.5) is 4.39 Å². The molecule has 0 aliphatic heterocycles. The Bertz CT molecular complexity index is 1140. The molecule has 9 heteroatoms. The Morgan fingerprint density at radius 2 is 1.74 bits per heavy atom. The summed E-state index contributed by atoms with van der Waals surface area (Å²) in [4.78, 5) is 15.5. The molecule has 0 bridgehead atoms. The monoisotopic (exact) mass is 489 g/mol. The van der Waals surface area contributed by atoms with Crippen LogP contribution >= 0.6 is 0 Å². The zero-order valence-corrected chi connectivity index (χ0v) is 22.0. The molecule has 0 amide bonds. The predicted molar refractivity (Wildman–Crippen MR) is 123 cm³/mol. The van der Waals surface area contributed by atoms with Gasteiger partial charge in [-0.1, -0.05) is 47.6 Å². The van der Waals surface area contributed by atoms with Gasteiger partial charge in [-0.3, -0.25) is 0 Å². The summed E-state index contributed by atoms with van der Waals surface area (Å²) in [7, 11) is 3.01. The van der Waals surface area contributed by atoms with E-state index in [-0.39, 0.29) is 55.6 Å². The first-order valence-corrected chi connectivity index (χ1v) is 10.6. The molecule has 0 fully saturated rings. The van der Waals surface area contributed by atoms with Crippen LogP contribution in [0.2, 0.25) is 0 Å². The second-order valence-electron chi connectivity index (χ2n) is 7.27. The van der Waals surface area contributed by atoms with Gasteiger partial charge in [0.25, 0.3) is 0 Å². The van der Waals surface area contributed by atoms with Crippen LogP contribution in [0.5, 0.6) is 17.2 Å². The number of aliphatic carboxylic acids is 1. The third-order valence-electron chi connectivity index (χ3n) is 4.93. The topological polar surface area (TPSA) is 89.4 Å². The van der Waals surface area contributed by atoms with Gasteiger partial charge in [0.15, 0.2) is 11.5 Å². The summed E-state index contributed by atoms with van der Waals surface area (Å²) < 4.78 is 31.2. The van der Waals surface area contributed by atoms with Gasteiger partial charge in [0.2, 0.25) is 0 Å². The minimum absolute atomic E-state index is 0. The van der Waals surface area contributed by atoms with E-state index in [4.69, 9.17) is 19.0 Å². The zero-order valence-electron chi connectivity index (χ0n) is 20.0. The molecule has 0 atom stereocenters. The third kappa shape index (κ3) is 8.58. The van der Waals surface area contributed by atoms with Crippen LogP contribution < -0.4 is 48.9 Å². The maximum absolute atomic E-state index is 14.2. The molecule has 3 rings (SSSR count). The van der Waals surface area contributed by atoms with E-state index >= 15 is 0 Å². The van der Waals surface area contributed by atoms with Crippen LogP contribution in [0.25, 0.3) is 0 Å². The molecule has 178 valence electrons. The van der Waals surface area contributed by atoms with Crippen molar-refractivity contribution in [3.8, 4) is 17.2 Å². The molecule has 0 aliphatic rings. The number of carbonyl (C=O) groups excluding carboxylic acids is 1. The first kappa shape index (κ1) is 28.2. The first-order valence-electron chi connectivity index (χ1n) is 10.6. The number of carboxylic acids is 1. The van der Waals surface area contributed by atoms with Crippen LogP contribution in [0.3, 0.4) is 0 Å². The SMILES string of the molecule is CO/N=C(/COc1ccc(COc2ccc(CCC(=O)[O-])c(F)c2)cc1OC)c1ccccc1.[Na+]. The van der Waals surface area contributed by atoms with E-state index in [1.165, 1.54) is 26.4 Å². The molecule has 0 spiro atoms. The van der Waals surface area contributed by atoms with Crippen molar-refractivity contribution in [2.75, 3.05) is 20.8 Å². The molecule has 3 aromatic carbocycles. The number of aryl methyl sites for hydroxylation is 1. The number of hydrogen-bond acceptors (Lipinski definition) is 7. The Morgan fingerprint density at radius 1 is 0.971 bits per heavy atom. The van der Waals surface area contributed by atoms with Crippen LogP contribution in [-0.2, 0) is 22.7 Å². The number of methoxy groups -OCH3 is 1. The minimum atomic E-state index is -1.22. The average molecular weight is 489 g/mol. The Labute approximate surface area is 225 Å². The fraction of sp³-hybridized carbons (Fsp3) is 0.231. The molecule has 0 heterocycles. The van der Waals surface area contributed by atoms with Crippen molar-refractivity contribution < 1.29 is 62.9 Å². The van der Waals surface area contributed by atoms with Crippen molar-refractivity contribution in [1.29, 1.82) is 0 Å². The summed E-state index contributed by atoms with van der Waals surface area (Å²) in [6.45, 7) is 0.350. The quantitative estimate of drug-likeness (QED) is 0.210. The molecule has 0 aromatic heterocycles. The number of oxime groups is 1. The molecule has 35 heavy (non-hydrogen) atoms. The fourth-order valence-electron chi connectivity index (χ4n) is 3.19. The van der Waals surface area contributed by atoms with Crippen molar-refractivity contribution in [3.63, 3.8) is 0 Å². The maximum Gasteiger partial charge on any atom is 1.00 e. The smallest absolute Gasteiger partial charge is 0.550 e. The van der Waals surface area contributed by atoms with E-state index in [2.05, 4.69) is 5.16 Å². The summed E-state index contributed by atoms with van der Waals surface area (Å²) in [5.74, 6) is -0.378. The Hall–Kier alpha value is -3.07. The van der Waals surface area contributed by atoms with Gasteiger partial charge in [-0.25, -0.2) is 4.39 Å². The number of ether oxygens (including phenoxy) is 3. The number of carboxylic acid groups (broad SMARTS) is 1. The number of rotatable bonds is 12. The van der Waals surface area contributed by atoms with Gasteiger partial charge in [0.1, 0.15) is 37.6 Å². The van der Waals surface area contributed by atoms with Gasteiger partial charge in [0, 0.05) is 17.6 Å². The molecule has 3 aromatic rings. The molecule has 0 N–H and O–H groups in total. The third-order valence-corrected chi connectivity index (χ3v) is 4.93. The second kappa shape index (κ2) is 14.4. The van der Waals surface area contributed by atoms with Gasteiger partial charge in [0.05, 0.1) is 7.11 Å². The van der Waals surface area contributed by atoms with E-state index in [0.717, 1.165) is 11.1 Å². The molecular formula is C26H25FNNaO6. The van der Waals surface area contributed by atoms with E-state index in [9.17, 15) is 14.3 Å². The number of nitrogens with zero attached hydrogens (tertiary/aromatic N) is 1. The van der Waals surface area contributed by atoms with Crippen LogP contribution in [-0.4, -0.2) is 32.5 Å². The van der Waals surface area contributed by atoms with Crippen LogP contribution in [0.15, 0.2) is 71.9 Å². The molecule has 0 aliphatic carbocycles. The average Bonchev–Trinajstić information content (AvgIpc) is 2.85. The molecule has 0 saturated heterocycles. The summed E-state index contributed by atoms with van der Waals surface area (Å²) in [6, 6.07) is 19.3. The molecule has 0 radical (unpaired) electrons. The normalized spacial score (nSPS) is 10.8. The molecule has 7 nitrogen and oxygen atoms in total. The van der Waals surface area contributed by atoms with Crippen molar-refractivity contribution in [3.05, 3.63) is 89.2 Å². The van der Waals surface area contributed by atoms with Crippen LogP contribution in [0, 0.1) is 5.82 Å². The fourth-order valence-corrected chi connectivity index (χ4v) is 3.19. The van der Waals surface area contributed by atoms with E-state index in [1.54, 1.807) is 18.2 Å². The standard InChI is InChI=1S/C26H26FNO6.Na/c1-31-25-14-18(16-33-21-11-9-19(22(27)15-21)10-13-26(29)30)8-12-24(25)34-17-23(28-32-2)20-6-4-3-5-7-20;/h3-9,11-12,14-15H,10,13,16-17H2,1-2H3,(H,29,30);/q;+1/p-1/b28-23-;. The zero-order chi connectivity index (χ0) is 24.3. The van der Waals surface area contributed by atoms with E-state index in [0.29, 0.717) is 28.5 Å². The minimum Gasteiger partial charge on any atom is -0.550 e. The van der Waals surface area contributed by atoms with Crippen molar-refractivity contribution >= 4 is 11.7 Å². The number of benzene rings is 3. The Morgan fingerprint density at radius 3 is 2.40 bits per heavy atom. The molecular weight excluding hydrogens is 464 g/mol.